The van der Waals surface area contributed by atoms with Crippen LogP contribution in [0.2, 0.25) is 0 Å². The monoisotopic (exact) mass is 231 g/mol. The summed E-state index contributed by atoms with van der Waals surface area (Å²) in [5, 5.41) is 8.93. The zero-order chi connectivity index (χ0) is 12.6. The van der Waals surface area contributed by atoms with E-state index in [2.05, 4.69) is 0 Å². The maximum atomic E-state index is 11.4. The Morgan fingerprint density at radius 3 is 2.25 bits per heavy atom. The summed E-state index contributed by atoms with van der Waals surface area (Å²) < 4.78 is 5.08. The molecule has 0 unspecified atom stereocenters. The highest BCUT2D eigenvalue weighted by molar-refractivity contribution is 5.67. The van der Waals surface area contributed by atoms with Crippen LogP contribution in [-0.2, 0) is 4.74 Å². The van der Waals surface area contributed by atoms with E-state index in [1.165, 1.54) is 0 Å². The van der Waals surface area contributed by atoms with Gasteiger partial charge in [0, 0.05) is 19.7 Å². The predicted molar refractivity (Wildman–Crippen MR) is 64.3 cm³/mol. The Labute approximate surface area is 98.6 Å². The molecule has 0 saturated carbocycles. The first-order valence-electron chi connectivity index (χ1n) is 6.20. The molecule has 1 fully saturated rings. The molecule has 0 radical (unpaired) electrons. The van der Waals surface area contributed by atoms with Crippen molar-refractivity contribution in [2.75, 3.05) is 19.7 Å². The molecule has 1 amide bonds. The molecule has 4 nitrogen and oxygen atoms in total. The van der Waals surface area contributed by atoms with Gasteiger partial charge in [0.2, 0.25) is 0 Å². The molecule has 1 saturated heterocycles. The van der Waals surface area contributed by atoms with Crippen LogP contribution in [0.5, 0.6) is 0 Å². The van der Waals surface area contributed by atoms with E-state index in [1.807, 2.05) is 27.7 Å². The molecule has 1 N–H and O–H groups in total. The van der Waals surface area contributed by atoms with Crippen LogP contribution in [0.25, 0.3) is 0 Å². The second-order valence-corrected chi connectivity index (χ2v) is 4.05. The second-order valence-electron chi connectivity index (χ2n) is 4.05. The van der Waals surface area contributed by atoms with Crippen molar-refractivity contribution in [1.29, 1.82) is 0 Å². The molecule has 0 spiro atoms. The van der Waals surface area contributed by atoms with Crippen LogP contribution in [-0.4, -0.2) is 41.9 Å². The van der Waals surface area contributed by atoms with E-state index in [0.29, 0.717) is 19.0 Å². The van der Waals surface area contributed by atoms with Crippen molar-refractivity contribution in [2.24, 2.45) is 5.92 Å². The van der Waals surface area contributed by atoms with E-state index in [0.717, 1.165) is 12.8 Å². The van der Waals surface area contributed by atoms with Gasteiger partial charge in [0.1, 0.15) is 0 Å². The van der Waals surface area contributed by atoms with Gasteiger partial charge in [-0.15, -0.1) is 0 Å². The van der Waals surface area contributed by atoms with Crippen LogP contribution in [0.3, 0.4) is 0 Å². The summed E-state index contributed by atoms with van der Waals surface area (Å²) in [5.74, 6) is 0.359. The molecule has 1 heterocycles. The number of aliphatic hydroxyl groups is 1. The molecule has 0 aromatic heterocycles. The van der Waals surface area contributed by atoms with E-state index in [-0.39, 0.29) is 18.8 Å². The standard InChI is InChI=1S/C10H19NO3.C2H6/c1-8(2)14-10(13)11-5-3-9(7-12)4-6-11;1-2/h8-9,12H,3-7H2,1-2H3;1-2H3. The third kappa shape index (κ3) is 5.35. The lowest BCUT2D eigenvalue weighted by atomic mass is 9.98. The first-order valence-corrected chi connectivity index (χ1v) is 6.20. The molecule has 16 heavy (non-hydrogen) atoms. The van der Waals surface area contributed by atoms with E-state index in [4.69, 9.17) is 9.84 Å². The highest BCUT2D eigenvalue weighted by Crippen LogP contribution is 2.17. The molecule has 0 aliphatic carbocycles. The molecule has 1 rings (SSSR count). The van der Waals surface area contributed by atoms with Crippen molar-refractivity contribution in [3.8, 4) is 0 Å². The largest absolute Gasteiger partial charge is 0.447 e. The van der Waals surface area contributed by atoms with E-state index in [9.17, 15) is 4.79 Å². The van der Waals surface area contributed by atoms with E-state index >= 15 is 0 Å². The van der Waals surface area contributed by atoms with Crippen LogP contribution in [0.1, 0.15) is 40.5 Å². The van der Waals surface area contributed by atoms with Gasteiger partial charge in [-0.25, -0.2) is 4.79 Å². The van der Waals surface area contributed by atoms with Crippen molar-refractivity contribution in [3.05, 3.63) is 0 Å². The van der Waals surface area contributed by atoms with Crippen LogP contribution in [0.4, 0.5) is 4.79 Å². The Balaban J connectivity index is 0.00000106. The Morgan fingerprint density at radius 1 is 1.38 bits per heavy atom. The van der Waals surface area contributed by atoms with Crippen LogP contribution >= 0.6 is 0 Å². The number of carbonyl (C=O) groups excluding carboxylic acids is 1. The molecule has 96 valence electrons. The lowest BCUT2D eigenvalue weighted by molar-refractivity contribution is 0.0593. The number of carbonyl (C=O) groups is 1. The molecule has 0 bridgehead atoms. The van der Waals surface area contributed by atoms with Crippen LogP contribution < -0.4 is 0 Å². The fraction of sp³-hybridized carbons (Fsp3) is 0.917. The molecule has 0 atom stereocenters. The van der Waals surface area contributed by atoms with Gasteiger partial charge in [-0.05, 0) is 32.6 Å². The highest BCUT2D eigenvalue weighted by Gasteiger charge is 2.23. The minimum absolute atomic E-state index is 0.0573. The van der Waals surface area contributed by atoms with Crippen molar-refractivity contribution < 1.29 is 14.6 Å². The lowest BCUT2D eigenvalue weighted by Crippen LogP contribution is -2.40. The summed E-state index contributed by atoms with van der Waals surface area (Å²) in [4.78, 5) is 13.2. The zero-order valence-electron chi connectivity index (χ0n) is 10.9. The maximum absolute atomic E-state index is 11.4. The molecule has 1 aliphatic rings. The van der Waals surface area contributed by atoms with Crippen LogP contribution in [0.15, 0.2) is 0 Å². The van der Waals surface area contributed by atoms with Gasteiger partial charge in [-0.2, -0.15) is 0 Å². The van der Waals surface area contributed by atoms with Gasteiger partial charge >= 0.3 is 6.09 Å². The molecular formula is C12H25NO3. The molecular weight excluding hydrogens is 206 g/mol. The first-order chi connectivity index (χ1) is 7.63. The number of ether oxygens (including phenoxy) is 1. The van der Waals surface area contributed by atoms with Gasteiger partial charge in [-0.1, -0.05) is 13.8 Å². The summed E-state index contributed by atoms with van der Waals surface area (Å²) in [7, 11) is 0. The number of amides is 1. The summed E-state index contributed by atoms with van der Waals surface area (Å²) in [5.41, 5.74) is 0. The summed E-state index contributed by atoms with van der Waals surface area (Å²) in [6.07, 6.45) is 1.47. The van der Waals surface area contributed by atoms with Gasteiger partial charge in [0.25, 0.3) is 0 Å². The highest BCUT2D eigenvalue weighted by atomic mass is 16.6. The maximum Gasteiger partial charge on any atom is 0.410 e. The topological polar surface area (TPSA) is 49.8 Å². The fourth-order valence-electron chi connectivity index (χ4n) is 1.57. The van der Waals surface area contributed by atoms with E-state index < -0.39 is 0 Å². The minimum Gasteiger partial charge on any atom is -0.447 e. The number of nitrogens with zero attached hydrogens (tertiary/aromatic N) is 1. The van der Waals surface area contributed by atoms with Gasteiger partial charge in [-0.3, -0.25) is 0 Å². The number of piperidine rings is 1. The first kappa shape index (κ1) is 15.2. The van der Waals surface area contributed by atoms with Crippen molar-refractivity contribution in [1.82, 2.24) is 4.90 Å². The summed E-state index contributed by atoms with van der Waals surface area (Å²) >= 11 is 0. The zero-order valence-corrected chi connectivity index (χ0v) is 10.9. The van der Waals surface area contributed by atoms with Gasteiger partial charge in [0.15, 0.2) is 0 Å². The number of rotatable bonds is 2. The Kier molecular flexibility index (Phi) is 7.99. The molecule has 1 aliphatic heterocycles. The van der Waals surface area contributed by atoms with Crippen LogP contribution in [0, 0.1) is 5.92 Å². The minimum atomic E-state index is -0.226. The molecule has 4 heteroatoms. The third-order valence-corrected chi connectivity index (χ3v) is 2.47. The number of hydrogen-bond donors (Lipinski definition) is 1. The third-order valence-electron chi connectivity index (χ3n) is 2.47. The smallest absolute Gasteiger partial charge is 0.410 e. The molecule has 0 aromatic rings. The summed E-state index contributed by atoms with van der Waals surface area (Å²) in [6.45, 7) is 9.33. The number of likely N-dealkylation sites (tertiary alicyclic amines) is 1. The average Bonchev–Trinajstić information content (AvgIpc) is 2.31. The number of hydrogen-bond acceptors (Lipinski definition) is 3. The number of aliphatic hydroxyl groups excluding tert-OH is 1. The average molecular weight is 231 g/mol. The summed E-state index contributed by atoms with van der Waals surface area (Å²) in [6, 6.07) is 0. The Morgan fingerprint density at radius 2 is 1.88 bits per heavy atom. The van der Waals surface area contributed by atoms with E-state index in [1.54, 1.807) is 4.90 Å². The predicted octanol–water partition coefficient (Wildman–Crippen LogP) is 2.26. The normalized spacial score (nSPS) is 16.8. The van der Waals surface area contributed by atoms with Crippen molar-refractivity contribution in [2.45, 2.75) is 46.6 Å². The Bertz CT molecular complexity index is 187. The van der Waals surface area contributed by atoms with Gasteiger partial charge < -0.3 is 14.7 Å². The van der Waals surface area contributed by atoms with Crippen molar-refractivity contribution >= 4 is 6.09 Å². The second kappa shape index (κ2) is 8.39. The van der Waals surface area contributed by atoms with Crippen molar-refractivity contribution in [3.63, 3.8) is 0 Å². The SMILES string of the molecule is CC.CC(C)OC(=O)N1CCC(CO)CC1. The lowest BCUT2D eigenvalue weighted by Gasteiger charge is -2.30. The Hall–Kier alpha value is -0.770. The fourth-order valence-corrected chi connectivity index (χ4v) is 1.57. The van der Waals surface area contributed by atoms with Gasteiger partial charge in [0.05, 0.1) is 6.10 Å². The quantitative estimate of drug-likeness (QED) is 0.793. The molecule has 0 aromatic carbocycles.